The predicted octanol–water partition coefficient (Wildman–Crippen LogP) is 1.91. The maximum Gasteiger partial charge on any atom is 0.314 e. The van der Waals surface area contributed by atoms with E-state index in [1.807, 2.05) is 30.0 Å². The van der Waals surface area contributed by atoms with Crippen molar-refractivity contribution in [1.82, 2.24) is 9.97 Å². The average Bonchev–Trinajstić information content (AvgIpc) is 2.43. The maximum absolute atomic E-state index is 11.4. The normalized spacial score (nSPS) is 22.9. The SMILES string of the molecule is CC1SCCCC1Nc1ccc2[nH]c(=O)c(=O)[nH]c2c1. The molecule has 5 nitrogen and oxygen atoms in total. The first-order valence-electron chi connectivity index (χ1n) is 6.78. The van der Waals surface area contributed by atoms with E-state index in [0.717, 1.165) is 12.1 Å². The second-order valence-corrected chi connectivity index (χ2v) is 6.62. The van der Waals surface area contributed by atoms with Crippen LogP contribution in [0.1, 0.15) is 19.8 Å². The summed E-state index contributed by atoms with van der Waals surface area (Å²) in [7, 11) is 0. The Hall–Kier alpha value is -1.69. The van der Waals surface area contributed by atoms with Gasteiger partial charge < -0.3 is 15.3 Å². The van der Waals surface area contributed by atoms with Gasteiger partial charge >= 0.3 is 11.1 Å². The van der Waals surface area contributed by atoms with Gasteiger partial charge in [0.15, 0.2) is 0 Å². The molecule has 1 saturated heterocycles. The molecule has 0 amide bonds. The molecule has 1 aromatic carbocycles. The highest BCUT2D eigenvalue weighted by Gasteiger charge is 2.21. The zero-order valence-corrected chi connectivity index (χ0v) is 12.0. The monoisotopic (exact) mass is 291 g/mol. The molecule has 0 radical (unpaired) electrons. The molecule has 20 heavy (non-hydrogen) atoms. The minimum Gasteiger partial charge on any atom is -0.381 e. The number of nitrogens with one attached hydrogen (secondary N) is 3. The average molecular weight is 291 g/mol. The Bertz CT molecular complexity index is 737. The molecule has 1 fully saturated rings. The molecule has 106 valence electrons. The number of fused-ring (bicyclic) bond motifs is 1. The number of H-pyrrole nitrogens is 2. The molecule has 1 aliphatic rings. The van der Waals surface area contributed by atoms with Crippen LogP contribution in [0.4, 0.5) is 5.69 Å². The summed E-state index contributed by atoms with van der Waals surface area (Å²) >= 11 is 1.99. The largest absolute Gasteiger partial charge is 0.381 e. The van der Waals surface area contributed by atoms with E-state index in [1.54, 1.807) is 0 Å². The number of aromatic amines is 2. The number of benzene rings is 1. The first-order valence-corrected chi connectivity index (χ1v) is 7.83. The van der Waals surface area contributed by atoms with Crippen molar-refractivity contribution in [1.29, 1.82) is 0 Å². The van der Waals surface area contributed by atoms with Crippen LogP contribution in [-0.2, 0) is 0 Å². The van der Waals surface area contributed by atoms with E-state index in [-0.39, 0.29) is 0 Å². The van der Waals surface area contributed by atoms with Gasteiger partial charge in [0.25, 0.3) is 0 Å². The lowest BCUT2D eigenvalue weighted by atomic mass is 10.1. The molecule has 0 aliphatic carbocycles. The Morgan fingerprint density at radius 1 is 1.20 bits per heavy atom. The van der Waals surface area contributed by atoms with E-state index in [9.17, 15) is 9.59 Å². The standard InChI is InChI=1S/C14H17N3O2S/c1-8-10(3-2-6-20-8)15-9-4-5-11-12(7-9)17-14(19)13(18)16-11/h4-5,7-8,10,15H,2-3,6H2,1H3,(H,16,18)(H,17,19). The van der Waals surface area contributed by atoms with E-state index < -0.39 is 11.1 Å². The third-order valence-corrected chi connectivity index (χ3v) is 5.06. The van der Waals surface area contributed by atoms with E-state index in [2.05, 4.69) is 22.2 Å². The summed E-state index contributed by atoms with van der Waals surface area (Å²) < 4.78 is 0. The maximum atomic E-state index is 11.4. The molecule has 0 saturated carbocycles. The zero-order valence-electron chi connectivity index (χ0n) is 11.2. The van der Waals surface area contributed by atoms with E-state index in [0.29, 0.717) is 22.3 Å². The Kier molecular flexibility index (Phi) is 3.56. The highest BCUT2D eigenvalue weighted by molar-refractivity contribution is 8.00. The van der Waals surface area contributed by atoms with Crippen LogP contribution in [0, 0.1) is 0 Å². The minimum atomic E-state index is -0.615. The van der Waals surface area contributed by atoms with Crippen LogP contribution < -0.4 is 16.4 Å². The summed E-state index contributed by atoms with van der Waals surface area (Å²) in [5.74, 6) is 1.23. The highest BCUT2D eigenvalue weighted by Crippen LogP contribution is 2.28. The van der Waals surface area contributed by atoms with E-state index >= 15 is 0 Å². The number of rotatable bonds is 2. The van der Waals surface area contributed by atoms with Crippen molar-refractivity contribution in [3.8, 4) is 0 Å². The molecule has 3 N–H and O–H groups in total. The van der Waals surface area contributed by atoms with Crippen molar-refractivity contribution in [2.24, 2.45) is 0 Å². The lowest BCUT2D eigenvalue weighted by Crippen LogP contribution is -2.33. The Morgan fingerprint density at radius 2 is 1.95 bits per heavy atom. The molecule has 2 atom stereocenters. The van der Waals surface area contributed by atoms with Crippen LogP contribution in [0.3, 0.4) is 0 Å². The minimum absolute atomic E-state index is 0.445. The van der Waals surface area contributed by atoms with Crippen LogP contribution in [0.15, 0.2) is 27.8 Å². The van der Waals surface area contributed by atoms with Gasteiger partial charge in [-0.1, -0.05) is 6.92 Å². The van der Waals surface area contributed by atoms with Crippen molar-refractivity contribution < 1.29 is 0 Å². The number of thioether (sulfide) groups is 1. The molecular weight excluding hydrogens is 274 g/mol. The van der Waals surface area contributed by atoms with Crippen LogP contribution in [-0.4, -0.2) is 27.0 Å². The number of hydrogen-bond acceptors (Lipinski definition) is 4. The first kappa shape index (κ1) is 13.3. The molecule has 0 spiro atoms. The third kappa shape index (κ3) is 2.60. The highest BCUT2D eigenvalue weighted by atomic mass is 32.2. The van der Waals surface area contributed by atoms with Crippen molar-refractivity contribution in [2.45, 2.75) is 31.1 Å². The van der Waals surface area contributed by atoms with Gasteiger partial charge in [0.2, 0.25) is 0 Å². The second kappa shape index (κ2) is 5.36. The van der Waals surface area contributed by atoms with E-state index in [1.165, 1.54) is 12.2 Å². The molecular formula is C14H17N3O2S. The number of anilines is 1. The molecule has 0 bridgehead atoms. The molecule has 1 aliphatic heterocycles. The number of aromatic nitrogens is 2. The van der Waals surface area contributed by atoms with Crippen molar-refractivity contribution in [3.05, 3.63) is 38.9 Å². The smallest absolute Gasteiger partial charge is 0.314 e. The summed E-state index contributed by atoms with van der Waals surface area (Å²) in [6.07, 6.45) is 2.39. The van der Waals surface area contributed by atoms with Gasteiger partial charge in [-0.15, -0.1) is 0 Å². The molecule has 2 unspecified atom stereocenters. The van der Waals surface area contributed by atoms with Crippen LogP contribution in [0.5, 0.6) is 0 Å². The first-order chi connectivity index (χ1) is 9.63. The van der Waals surface area contributed by atoms with Gasteiger partial charge in [0.05, 0.1) is 11.0 Å². The molecule has 2 heterocycles. The lowest BCUT2D eigenvalue weighted by molar-refractivity contribution is 0.617. The predicted molar refractivity (Wildman–Crippen MR) is 83.8 cm³/mol. The fourth-order valence-corrected chi connectivity index (χ4v) is 3.67. The van der Waals surface area contributed by atoms with Crippen molar-refractivity contribution in [2.75, 3.05) is 11.1 Å². The van der Waals surface area contributed by atoms with Gasteiger partial charge in [0.1, 0.15) is 0 Å². The Balaban J connectivity index is 1.90. The Morgan fingerprint density at radius 3 is 2.70 bits per heavy atom. The van der Waals surface area contributed by atoms with Crippen LogP contribution >= 0.6 is 11.8 Å². The molecule has 6 heteroatoms. The van der Waals surface area contributed by atoms with Gasteiger partial charge in [-0.3, -0.25) is 9.59 Å². The summed E-state index contributed by atoms with van der Waals surface area (Å²) in [6.45, 7) is 2.24. The summed E-state index contributed by atoms with van der Waals surface area (Å²) in [6, 6.07) is 6.07. The zero-order chi connectivity index (χ0) is 14.1. The number of hydrogen-bond donors (Lipinski definition) is 3. The summed E-state index contributed by atoms with van der Waals surface area (Å²) in [5.41, 5.74) is 1.04. The summed E-state index contributed by atoms with van der Waals surface area (Å²) in [4.78, 5) is 27.8. The van der Waals surface area contributed by atoms with E-state index in [4.69, 9.17) is 0 Å². The van der Waals surface area contributed by atoms with Crippen LogP contribution in [0.2, 0.25) is 0 Å². The van der Waals surface area contributed by atoms with Gasteiger partial charge in [-0.2, -0.15) is 11.8 Å². The van der Waals surface area contributed by atoms with Crippen molar-refractivity contribution >= 4 is 28.5 Å². The topological polar surface area (TPSA) is 77.8 Å². The Labute approximate surface area is 120 Å². The molecule has 3 rings (SSSR count). The molecule has 1 aromatic heterocycles. The van der Waals surface area contributed by atoms with Crippen molar-refractivity contribution in [3.63, 3.8) is 0 Å². The second-order valence-electron chi connectivity index (χ2n) is 5.14. The fourth-order valence-electron chi connectivity index (χ4n) is 2.53. The third-order valence-electron chi connectivity index (χ3n) is 3.68. The van der Waals surface area contributed by atoms with Gasteiger partial charge in [-0.25, -0.2) is 0 Å². The van der Waals surface area contributed by atoms with Crippen LogP contribution in [0.25, 0.3) is 11.0 Å². The van der Waals surface area contributed by atoms with Gasteiger partial charge in [0, 0.05) is 17.0 Å². The quantitative estimate of drug-likeness (QED) is 0.739. The fraction of sp³-hybridized carbons (Fsp3) is 0.429. The van der Waals surface area contributed by atoms with Gasteiger partial charge in [-0.05, 0) is 36.8 Å². The summed E-state index contributed by atoms with van der Waals surface area (Å²) in [5, 5.41) is 4.10. The lowest BCUT2D eigenvalue weighted by Gasteiger charge is -2.30. The molecule has 2 aromatic rings.